The third-order valence-electron chi connectivity index (χ3n) is 9.48. The molecule has 0 radical (unpaired) electrons. The van der Waals surface area contributed by atoms with Crippen molar-refractivity contribution in [1.82, 2.24) is 7.10 Å². The van der Waals surface area contributed by atoms with Gasteiger partial charge in [-0.05, 0) is 6.07 Å². The number of carbonyl (C=O) groups excluding carboxylic acids is 1. The first kappa shape index (κ1) is 28.1. The predicted molar refractivity (Wildman–Crippen MR) is 192 cm³/mol. The molecule has 238 valence electrons. The Labute approximate surface area is 292 Å². The van der Waals surface area contributed by atoms with Crippen LogP contribution in [0.5, 0.6) is 0 Å². The number of rotatable bonds is 2. The van der Waals surface area contributed by atoms with E-state index < -0.39 is 20.9 Å². The van der Waals surface area contributed by atoms with Crippen LogP contribution in [-0.4, -0.2) is 51.3 Å². The molecule has 6 bridgehead atoms. The molecule has 0 unspecified atom stereocenters. The van der Waals surface area contributed by atoms with E-state index in [4.69, 9.17) is 33.7 Å². The first-order chi connectivity index (χ1) is 25.1. The van der Waals surface area contributed by atoms with E-state index in [-0.39, 0.29) is 5.56 Å². The van der Waals surface area contributed by atoms with Crippen LogP contribution in [0.2, 0.25) is 0 Å². The molecule has 4 aliphatic heterocycles. The number of fused-ring (bicyclic) bond motifs is 14. The smallest absolute Gasteiger partial charge is 0.619 e. The Morgan fingerprint density at radius 2 is 1.00 bits per heavy atom. The maximum atomic E-state index is 14.2. The second-order valence-electron chi connectivity index (χ2n) is 12.4. The molecule has 0 N–H and O–H groups in total. The van der Waals surface area contributed by atoms with Crippen LogP contribution in [0.4, 0.5) is 11.6 Å². The monoisotopic (exact) mass is 677 g/mol. The SMILES string of the molecule is O=C([O][Al]1[n]2c3c4ccccc4c2N=C2N=C(N=c4c5ccccc5c([n]41)=NC1=NC(=N3)c3ccccc31)c1ccccc12)c1ccc[n+]([O-])c1. The van der Waals surface area contributed by atoms with Crippen LogP contribution in [0.25, 0.3) is 21.5 Å². The molecule has 0 fully saturated rings. The zero-order valence-corrected chi connectivity index (χ0v) is 27.5. The van der Waals surface area contributed by atoms with Crippen molar-refractivity contribution in [3.63, 3.8) is 0 Å². The van der Waals surface area contributed by atoms with Crippen molar-refractivity contribution >= 4 is 77.4 Å². The summed E-state index contributed by atoms with van der Waals surface area (Å²) in [5, 5.41) is 15.5. The third-order valence-corrected chi connectivity index (χ3v) is 11.8. The van der Waals surface area contributed by atoms with Crippen LogP contribution in [-0.2, 0) is 3.79 Å². The number of aliphatic imine (C=N–C) groups is 4. The lowest BCUT2D eigenvalue weighted by Gasteiger charge is -2.19. The van der Waals surface area contributed by atoms with Gasteiger partial charge in [0.2, 0.25) is 0 Å². The number of pyridine rings is 1. The Bertz CT molecular complexity index is 2840. The summed E-state index contributed by atoms with van der Waals surface area (Å²) in [5.74, 6) is 2.28. The minimum Gasteiger partial charge on any atom is -0.619 e. The van der Waals surface area contributed by atoms with Gasteiger partial charge in [0.15, 0.2) is 35.7 Å². The molecule has 12 nitrogen and oxygen atoms in total. The first-order valence-electron chi connectivity index (χ1n) is 16.2. The Hall–Kier alpha value is -6.81. The van der Waals surface area contributed by atoms with Crippen LogP contribution >= 0.6 is 0 Å². The summed E-state index contributed by atoms with van der Waals surface area (Å²) in [4.78, 5) is 45.3. The number of amidine groups is 4. The van der Waals surface area contributed by atoms with E-state index in [1.807, 2.05) is 104 Å². The number of hydrogen-bond acceptors (Lipinski definition) is 9. The minimum absolute atomic E-state index is 0.101. The molecule has 4 aromatic carbocycles. The molecule has 0 amide bonds. The highest BCUT2D eigenvalue weighted by molar-refractivity contribution is 6.53. The van der Waals surface area contributed by atoms with Crippen LogP contribution in [0.1, 0.15) is 32.6 Å². The van der Waals surface area contributed by atoms with Crippen molar-refractivity contribution in [1.29, 1.82) is 0 Å². The van der Waals surface area contributed by atoms with Gasteiger partial charge >= 0.3 is 20.9 Å². The van der Waals surface area contributed by atoms with Gasteiger partial charge in [-0.25, -0.2) is 34.7 Å². The average molecular weight is 678 g/mol. The Morgan fingerprint density at radius 1 is 0.549 bits per heavy atom. The van der Waals surface area contributed by atoms with E-state index in [0.29, 0.717) is 50.7 Å². The molecule has 0 spiro atoms. The molecule has 7 aromatic rings. The number of hydrogen-bond donors (Lipinski definition) is 0. The third kappa shape index (κ3) is 4.01. The molecule has 0 atom stereocenters. The zero-order valence-electron chi connectivity index (χ0n) is 26.4. The lowest BCUT2D eigenvalue weighted by Crippen LogP contribution is -2.49. The number of carbonyl (C=O) groups is 1. The lowest BCUT2D eigenvalue weighted by atomic mass is 10.1. The quantitative estimate of drug-likeness (QED) is 0.152. The highest BCUT2D eigenvalue weighted by Crippen LogP contribution is 2.41. The molecule has 0 aliphatic carbocycles. The predicted octanol–water partition coefficient (Wildman–Crippen LogP) is 4.41. The van der Waals surface area contributed by atoms with Gasteiger partial charge in [-0.15, -0.1) is 0 Å². The summed E-state index contributed by atoms with van der Waals surface area (Å²) in [7, 11) is 0. The molecule has 4 aliphatic rings. The lowest BCUT2D eigenvalue weighted by molar-refractivity contribution is -0.605. The summed E-state index contributed by atoms with van der Waals surface area (Å²) >= 11 is -3.42. The molecule has 13 heteroatoms. The summed E-state index contributed by atoms with van der Waals surface area (Å²) in [5.41, 5.74) is 4.46. The van der Waals surface area contributed by atoms with Crippen molar-refractivity contribution in [2.45, 2.75) is 0 Å². The van der Waals surface area contributed by atoms with E-state index in [2.05, 4.69) is 0 Å². The fraction of sp³-hybridized carbons (Fsp3) is 0. The minimum atomic E-state index is -3.42. The number of aromatic nitrogens is 3. The van der Waals surface area contributed by atoms with Crippen LogP contribution in [0.3, 0.4) is 0 Å². The van der Waals surface area contributed by atoms with E-state index in [9.17, 15) is 10.0 Å². The van der Waals surface area contributed by atoms with E-state index in [1.54, 1.807) is 6.07 Å². The molecule has 3 aromatic heterocycles. The molecule has 0 saturated carbocycles. The van der Waals surface area contributed by atoms with Crippen molar-refractivity contribution in [3.8, 4) is 0 Å². The normalized spacial score (nSPS) is 14.8. The van der Waals surface area contributed by atoms with Gasteiger partial charge in [0, 0.05) is 49.9 Å². The maximum absolute atomic E-state index is 14.2. The standard InChI is InChI=1S/C32H16N8.C6H5NO3.Al/c1-2-10-18-17(9-1)25-33-26(18)38-28-21-13-5-6-14-22(21)30(35-28)40-32-24-16-8-7-15-23(24)31(36-32)39-29-20-12-4-3-11-19(20)27(34-29)37-25;8-6(9)5-2-1-3-7(10)4-5;/h1-16H;1-4H,(H,8,9);/q-2;;+3/p-1. The Morgan fingerprint density at radius 3 is 1.49 bits per heavy atom. The van der Waals surface area contributed by atoms with Crippen molar-refractivity contribution in [2.24, 2.45) is 30.0 Å². The second kappa shape index (κ2) is 10.3. The molecular formula is C38H20AlN9O3. The molecular weight excluding hydrogens is 657 g/mol. The largest absolute Gasteiger partial charge is 0.904 e. The summed E-state index contributed by atoms with van der Waals surface area (Å²) in [6, 6.07) is 34.5. The van der Waals surface area contributed by atoms with E-state index in [0.717, 1.165) is 43.8 Å². The Balaban J connectivity index is 1.37. The number of benzene rings is 4. The van der Waals surface area contributed by atoms with Crippen LogP contribution < -0.4 is 15.7 Å². The highest BCUT2D eigenvalue weighted by Gasteiger charge is 2.46. The molecule has 0 saturated heterocycles. The first-order valence-corrected chi connectivity index (χ1v) is 17.7. The summed E-state index contributed by atoms with van der Waals surface area (Å²) < 4.78 is 11.1. The zero-order chi connectivity index (χ0) is 33.8. The highest BCUT2D eigenvalue weighted by atomic mass is 27.2. The molecule has 51 heavy (non-hydrogen) atoms. The van der Waals surface area contributed by atoms with Gasteiger partial charge in [0.05, 0.1) is 0 Å². The second-order valence-corrected chi connectivity index (χ2v) is 14.3. The van der Waals surface area contributed by atoms with E-state index in [1.165, 1.54) is 18.5 Å². The van der Waals surface area contributed by atoms with Crippen LogP contribution in [0, 0.1) is 5.21 Å². The van der Waals surface area contributed by atoms with Crippen molar-refractivity contribution in [3.05, 3.63) is 166 Å². The topological polar surface area (TPSA) is 137 Å². The fourth-order valence-electron chi connectivity index (χ4n) is 7.23. The van der Waals surface area contributed by atoms with Gasteiger partial charge in [-0.2, -0.15) is 4.73 Å². The Kier molecular flexibility index (Phi) is 5.70. The maximum Gasteiger partial charge on any atom is 0.904 e. The van der Waals surface area contributed by atoms with Gasteiger partial charge < -0.3 is 16.1 Å². The van der Waals surface area contributed by atoms with Gasteiger partial charge in [-0.1, -0.05) is 97.1 Å². The van der Waals surface area contributed by atoms with Crippen molar-refractivity contribution in [2.75, 3.05) is 0 Å². The summed E-state index contributed by atoms with van der Waals surface area (Å²) in [6.07, 6.45) is 2.52. The molecule has 7 heterocycles. The van der Waals surface area contributed by atoms with Crippen molar-refractivity contribution < 1.29 is 13.3 Å². The van der Waals surface area contributed by atoms with E-state index >= 15 is 0 Å². The number of nitrogens with zero attached hydrogens (tertiary/aromatic N) is 9. The fourth-order valence-corrected chi connectivity index (χ4v) is 9.62. The van der Waals surface area contributed by atoms with Gasteiger partial charge in [0.25, 0.3) is 0 Å². The van der Waals surface area contributed by atoms with Gasteiger partial charge in [-0.3, -0.25) is 0 Å². The molecule has 11 rings (SSSR count). The average Bonchev–Trinajstić information content (AvgIpc) is 3.87. The van der Waals surface area contributed by atoms with Crippen LogP contribution in [0.15, 0.2) is 152 Å². The van der Waals surface area contributed by atoms with Gasteiger partial charge in [0.1, 0.15) is 28.2 Å². The summed E-state index contributed by atoms with van der Waals surface area (Å²) in [6.45, 7) is 0.